The van der Waals surface area contributed by atoms with Crippen LogP contribution in [0.2, 0.25) is 0 Å². The van der Waals surface area contributed by atoms with Gasteiger partial charge in [0.1, 0.15) is 0 Å². The summed E-state index contributed by atoms with van der Waals surface area (Å²) in [5.74, 6) is 0.0842. The summed E-state index contributed by atoms with van der Waals surface area (Å²) in [5, 5.41) is 9.12. The van der Waals surface area contributed by atoms with Crippen LogP contribution in [0, 0.1) is 5.92 Å². The number of nitrogens with zero attached hydrogens (tertiary/aromatic N) is 1. The van der Waals surface area contributed by atoms with Gasteiger partial charge in [0, 0.05) is 19.0 Å². The topological polar surface area (TPSA) is 76.1 Å². The molecule has 0 aromatic heterocycles. The average Bonchev–Trinajstić information content (AvgIpc) is 2.95. The molecule has 1 heterocycles. The number of aliphatic carboxylic acids is 1. The van der Waals surface area contributed by atoms with Gasteiger partial charge < -0.3 is 19.5 Å². The van der Waals surface area contributed by atoms with Crippen LogP contribution in [0.4, 0.5) is 0 Å². The quantitative estimate of drug-likeness (QED) is 0.739. The number of carbonyl (C=O) groups excluding carboxylic acids is 1. The molecule has 1 N–H and O–H groups in total. The third-order valence-corrected chi connectivity index (χ3v) is 4.33. The van der Waals surface area contributed by atoms with Gasteiger partial charge in [-0.1, -0.05) is 12.1 Å². The van der Waals surface area contributed by atoms with E-state index in [1.807, 2.05) is 31.2 Å². The molecule has 132 valence electrons. The van der Waals surface area contributed by atoms with Crippen molar-refractivity contribution in [2.24, 2.45) is 5.92 Å². The highest BCUT2D eigenvalue weighted by Crippen LogP contribution is 2.27. The van der Waals surface area contributed by atoms with Gasteiger partial charge in [0.25, 0.3) is 0 Å². The fraction of sp³-hybridized carbons (Fsp3) is 0.556. The van der Waals surface area contributed by atoms with E-state index in [1.165, 1.54) is 0 Å². The summed E-state index contributed by atoms with van der Waals surface area (Å²) in [6.07, 6.45) is 1.47. The van der Waals surface area contributed by atoms with Crippen LogP contribution in [0.25, 0.3) is 0 Å². The number of rotatable bonds is 8. The Hall–Kier alpha value is -2.24. The molecule has 0 radical (unpaired) electrons. The monoisotopic (exact) mass is 335 g/mol. The Labute approximate surface area is 142 Å². The number of para-hydroxylation sites is 2. The Bertz CT molecular complexity index is 574. The molecule has 1 fully saturated rings. The third-order valence-electron chi connectivity index (χ3n) is 4.33. The molecule has 2 unspecified atom stereocenters. The molecule has 1 amide bonds. The summed E-state index contributed by atoms with van der Waals surface area (Å²) >= 11 is 0. The Balaban J connectivity index is 1.77. The number of benzene rings is 1. The van der Waals surface area contributed by atoms with E-state index in [9.17, 15) is 9.59 Å². The Morgan fingerprint density at radius 2 is 1.92 bits per heavy atom. The molecule has 0 aliphatic carbocycles. The van der Waals surface area contributed by atoms with Gasteiger partial charge in [-0.2, -0.15) is 0 Å². The van der Waals surface area contributed by atoms with Gasteiger partial charge in [-0.05, 0) is 38.8 Å². The van der Waals surface area contributed by atoms with Crippen molar-refractivity contribution >= 4 is 11.9 Å². The second-order valence-corrected chi connectivity index (χ2v) is 5.89. The molecule has 6 heteroatoms. The van der Waals surface area contributed by atoms with E-state index in [2.05, 4.69) is 0 Å². The predicted octanol–water partition coefficient (Wildman–Crippen LogP) is 2.57. The van der Waals surface area contributed by atoms with E-state index >= 15 is 0 Å². The van der Waals surface area contributed by atoms with E-state index in [0.29, 0.717) is 50.5 Å². The molecule has 6 nitrogen and oxygen atoms in total. The van der Waals surface area contributed by atoms with Gasteiger partial charge >= 0.3 is 5.97 Å². The molecule has 1 aromatic rings. The van der Waals surface area contributed by atoms with Crippen molar-refractivity contribution in [1.82, 2.24) is 4.90 Å². The van der Waals surface area contributed by atoms with Crippen molar-refractivity contribution in [3.63, 3.8) is 0 Å². The third kappa shape index (κ3) is 4.40. The summed E-state index contributed by atoms with van der Waals surface area (Å²) < 4.78 is 11.2. The van der Waals surface area contributed by atoms with Crippen LogP contribution < -0.4 is 9.47 Å². The highest BCUT2D eigenvalue weighted by Gasteiger charge is 2.37. The normalized spacial score (nSPS) is 20.0. The van der Waals surface area contributed by atoms with E-state index in [4.69, 9.17) is 14.6 Å². The Morgan fingerprint density at radius 1 is 1.25 bits per heavy atom. The number of carboxylic acids is 1. The standard InChI is InChI=1S/C18H25NO5/c1-3-23-15-7-4-5-8-16(15)24-12-6-9-17(20)19-11-10-14(13(19)2)18(21)22/h4-5,7-8,13-14H,3,6,9-12H2,1-2H3,(H,21,22). The summed E-state index contributed by atoms with van der Waals surface area (Å²) in [7, 11) is 0. The summed E-state index contributed by atoms with van der Waals surface area (Å²) in [6.45, 7) is 5.22. The largest absolute Gasteiger partial charge is 0.490 e. The number of hydrogen-bond acceptors (Lipinski definition) is 4. The number of carbonyl (C=O) groups is 2. The fourth-order valence-electron chi connectivity index (χ4n) is 3.02. The molecule has 1 aliphatic heterocycles. The number of hydrogen-bond donors (Lipinski definition) is 1. The molecule has 2 rings (SSSR count). The molecule has 1 aromatic carbocycles. The highest BCUT2D eigenvalue weighted by atomic mass is 16.5. The number of carboxylic acid groups (broad SMARTS) is 1. The minimum Gasteiger partial charge on any atom is -0.490 e. The first-order valence-electron chi connectivity index (χ1n) is 8.41. The van der Waals surface area contributed by atoms with Crippen molar-refractivity contribution < 1.29 is 24.2 Å². The van der Waals surface area contributed by atoms with Gasteiger partial charge in [0.05, 0.1) is 19.1 Å². The van der Waals surface area contributed by atoms with Gasteiger partial charge in [-0.25, -0.2) is 0 Å². The van der Waals surface area contributed by atoms with Crippen LogP contribution >= 0.6 is 0 Å². The SMILES string of the molecule is CCOc1ccccc1OCCCC(=O)N1CCC(C(=O)O)C1C. The lowest BCUT2D eigenvalue weighted by molar-refractivity contribution is -0.143. The summed E-state index contributed by atoms with van der Waals surface area (Å²) in [4.78, 5) is 25.0. The molecule has 24 heavy (non-hydrogen) atoms. The van der Waals surface area contributed by atoms with Crippen LogP contribution in [0.1, 0.15) is 33.1 Å². The molecule has 0 bridgehead atoms. The van der Waals surface area contributed by atoms with Crippen LogP contribution in [-0.2, 0) is 9.59 Å². The zero-order chi connectivity index (χ0) is 17.5. The second kappa shape index (κ2) is 8.57. The number of likely N-dealkylation sites (tertiary alicyclic amines) is 1. The minimum absolute atomic E-state index is 0.00653. The first kappa shape index (κ1) is 18.1. The lowest BCUT2D eigenvalue weighted by Gasteiger charge is -2.23. The van der Waals surface area contributed by atoms with Crippen LogP contribution in [0.5, 0.6) is 11.5 Å². The van der Waals surface area contributed by atoms with E-state index in [1.54, 1.807) is 11.8 Å². The van der Waals surface area contributed by atoms with Crippen LogP contribution in [0.15, 0.2) is 24.3 Å². The first-order chi connectivity index (χ1) is 11.5. The zero-order valence-corrected chi connectivity index (χ0v) is 14.2. The van der Waals surface area contributed by atoms with Crippen molar-refractivity contribution in [2.45, 2.75) is 39.2 Å². The van der Waals surface area contributed by atoms with Crippen molar-refractivity contribution in [2.75, 3.05) is 19.8 Å². The van der Waals surface area contributed by atoms with Crippen LogP contribution in [0.3, 0.4) is 0 Å². The maximum atomic E-state index is 12.3. The lowest BCUT2D eigenvalue weighted by atomic mass is 10.0. The number of ether oxygens (including phenoxy) is 2. The number of amides is 1. The average molecular weight is 335 g/mol. The summed E-state index contributed by atoms with van der Waals surface area (Å²) in [5.41, 5.74) is 0. The summed E-state index contributed by atoms with van der Waals surface area (Å²) in [6, 6.07) is 7.21. The molecule has 0 spiro atoms. The minimum atomic E-state index is -0.825. The molecular formula is C18H25NO5. The van der Waals surface area contributed by atoms with Crippen molar-refractivity contribution in [3.8, 4) is 11.5 Å². The van der Waals surface area contributed by atoms with Crippen molar-refractivity contribution in [1.29, 1.82) is 0 Å². The predicted molar refractivity (Wildman–Crippen MR) is 89.3 cm³/mol. The van der Waals surface area contributed by atoms with E-state index < -0.39 is 11.9 Å². The van der Waals surface area contributed by atoms with Gasteiger partial charge in [0.15, 0.2) is 11.5 Å². The van der Waals surface area contributed by atoms with Crippen LogP contribution in [-0.4, -0.2) is 47.7 Å². The van der Waals surface area contributed by atoms with E-state index in [-0.39, 0.29) is 11.9 Å². The molecular weight excluding hydrogens is 310 g/mol. The molecule has 2 atom stereocenters. The Kier molecular flexibility index (Phi) is 6.46. The fourth-order valence-corrected chi connectivity index (χ4v) is 3.02. The van der Waals surface area contributed by atoms with Crippen molar-refractivity contribution in [3.05, 3.63) is 24.3 Å². The molecule has 1 aliphatic rings. The Morgan fingerprint density at radius 3 is 2.50 bits per heavy atom. The van der Waals surface area contributed by atoms with Gasteiger partial charge in [-0.3, -0.25) is 9.59 Å². The molecule has 1 saturated heterocycles. The van der Waals surface area contributed by atoms with E-state index in [0.717, 1.165) is 0 Å². The second-order valence-electron chi connectivity index (χ2n) is 5.89. The maximum Gasteiger partial charge on any atom is 0.308 e. The van der Waals surface area contributed by atoms with Gasteiger partial charge in [0.2, 0.25) is 5.91 Å². The maximum absolute atomic E-state index is 12.3. The molecule has 0 saturated carbocycles. The smallest absolute Gasteiger partial charge is 0.308 e. The highest BCUT2D eigenvalue weighted by molar-refractivity contribution is 5.79. The first-order valence-corrected chi connectivity index (χ1v) is 8.41. The zero-order valence-electron chi connectivity index (χ0n) is 14.2. The lowest BCUT2D eigenvalue weighted by Crippen LogP contribution is -2.37. The van der Waals surface area contributed by atoms with Gasteiger partial charge in [-0.15, -0.1) is 0 Å².